The zero-order valence-electron chi connectivity index (χ0n) is 12.6. The van der Waals surface area contributed by atoms with Crippen molar-refractivity contribution in [3.8, 4) is 0 Å². The van der Waals surface area contributed by atoms with E-state index in [1.54, 1.807) is 0 Å². The Morgan fingerprint density at radius 1 is 1.32 bits per heavy atom. The number of ether oxygens (including phenoxy) is 1. The summed E-state index contributed by atoms with van der Waals surface area (Å²) in [5, 5.41) is 13.3. The second-order valence-electron chi connectivity index (χ2n) is 5.54. The Morgan fingerprint density at radius 3 is 2.74 bits per heavy atom. The number of rotatable bonds is 10. The number of hydrogen-bond acceptors (Lipinski definition) is 4. The zero-order chi connectivity index (χ0) is 13.9. The van der Waals surface area contributed by atoms with Crippen LogP contribution in [0.1, 0.15) is 52.4 Å². The molecule has 1 saturated carbocycles. The fraction of sp³-hybridized carbons (Fsp3) is 1.00. The van der Waals surface area contributed by atoms with Gasteiger partial charge in [0.05, 0.1) is 18.8 Å². The molecule has 1 fully saturated rings. The zero-order valence-corrected chi connectivity index (χ0v) is 13.4. The molecule has 0 saturated heterocycles. The number of thioether (sulfide) groups is 1. The fourth-order valence-electron chi connectivity index (χ4n) is 2.38. The monoisotopic (exact) mass is 289 g/mol. The molecule has 1 rings (SSSR count). The van der Waals surface area contributed by atoms with Crippen LogP contribution >= 0.6 is 11.8 Å². The van der Waals surface area contributed by atoms with E-state index in [9.17, 15) is 5.11 Å². The molecule has 2 unspecified atom stereocenters. The van der Waals surface area contributed by atoms with Gasteiger partial charge in [-0.1, -0.05) is 26.2 Å². The molecule has 0 radical (unpaired) electrons. The summed E-state index contributed by atoms with van der Waals surface area (Å²) in [5.41, 5.74) is 0. The maximum atomic E-state index is 9.91. The molecule has 2 N–H and O–H groups in total. The molecule has 0 aromatic heterocycles. The molecule has 0 heterocycles. The van der Waals surface area contributed by atoms with Crippen LogP contribution in [0.2, 0.25) is 0 Å². The second kappa shape index (κ2) is 11.0. The maximum absolute atomic E-state index is 9.91. The Labute approximate surface area is 122 Å². The number of aliphatic hydroxyl groups is 1. The lowest BCUT2D eigenvalue weighted by Crippen LogP contribution is -2.37. The van der Waals surface area contributed by atoms with E-state index in [0.717, 1.165) is 6.42 Å². The number of nitrogens with one attached hydrogen (secondary N) is 1. The van der Waals surface area contributed by atoms with Gasteiger partial charge in [0.2, 0.25) is 0 Å². The van der Waals surface area contributed by atoms with Crippen molar-refractivity contribution in [2.75, 3.05) is 24.7 Å². The van der Waals surface area contributed by atoms with E-state index < -0.39 is 0 Å². The molecule has 4 heteroatoms. The van der Waals surface area contributed by atoms with Crippen LogP contribution < -0.4 is 5.32 Å². The van der Waals surface area contributed by atoms with Crippen LogP contribution in [0.25, 0.3) is 0 Å². The molecular formula is C15H31NO2S. The average Bonchev–Trinajstić information content (AvgIpc) is 2.44. The molecule has 19 heavy (non-hydrogen) atoms. The van der Waals surface area contributed by atoms with Crippen LogP contribution in [0, 0.1) is 0 Å². The van der Waals surface area contributed by atoms with E-state index in [4.69, 9.17) is 4.74 Å². The van der Waals surface area contributed by atoms with Crippen LogP contribution in [-0.2, 0) is 4.74 Å². The lowest BCUT2D eigenvalue weighted by atomic mass is 9.98. The topological polar surface area (TPSA) is 41.5 Å². The minimum absolute atomic E-state index is 0.372. The first-order valence-corrected chi connectivity index (χ1v) is 8.98. The Hall–Kier alpha value is 0.230. The van der Waals surface area contributed by atoms with Crippen LogP contribution in [0.5, 0.6) is 0 Å². The molecule has 1 aliphatic carbocycles. The van der Waals surface area contributed by atoms with Crippen molar-refractivity contribution in [3.63, 3.8) is 0 Å². The van der Waals surface area contributed by atoms with E-state index in [0.29, 0.717) is 25.3 Å². The third-order valence-electron chi connectivity index (χ3n) is 3.68. The van der Waals surface area contributed by atoms with Gasteiger partial charge in [0, 0.05) is 12.6 Å². The smallest absolute Gasteiger partial charge is 0.0897 e. The van der Waals surface area contributed by atoms with Crippen molar-refractivity contribution in [1.82, 2.24) is 5.32 Å². The first kappa shape index (κ1) is 17.3. The summed E-state index contributed by atoms with van der Waals surface area (Å²) in [4.78, 5) is 0. The molecule has 3 nitrogen and oxygen atoms in total. The lowest BCUT2D eigenvalue weighted by molar-refractivity contribution is -0.0234. The molecule has 114 valence electrons. The van der Waals surface area contributed by atoms with Gasteiger partial charge in [0.25, 0.3) is 0 Å². The van der Waals surface area contributed by atoms with E-state index in [2.05, 4.69) is 19.2 Å². The summed E-state index contributed by atoms with van der Waals surface area (Å²) in [5.74, 6) is 2.38. The van der Waals surface area contributed by atoms with E-state index >= 15 is 0 Å². The van der Waals surface area contributed by atoms with Crippen LogP contribution in [0.3, 0.4) is 0 Å². The predicted molar refractivity (Wildman–Crippen MR) is 83.9 cm³/mol. The standard InChI is InChI=1S/C15H31NO2S/c1-3-19-10-9-13(2)16-11-14(17)12-18-15-7-5-4-6-8-15/h13-17H,3-12H2,1-2H3. The van der Waals surface area contributed by atoms with Gasteiger partial charge in [-0.05, 0) is 37.7 Å². The van der Waals surface area contributed by atoms with Crippen molar-refractivity contribution in [2.45, 2.75) is 70.6 Å². The van der Waals surface area contributed by atoms with E-state index in [-0.39, 0.29) is 6.10 Å². The SMILES string of the molecule is CCSCCC(C)NCC(O)COC1CCCCC1. The van der Waals surface area contributed by atoms with E-state index in [1.165, 1.54) is 43.6 Å². The Balaban J connectivity index is 1.98. The molecular weight excluding hydrogens is 258 g/mol. The molecule has 0 amide bonds. The molecule has 0 aromatic rings. The highest BCUT2D eigenvalue weighted by molar-refractivity contribution is 7.99. The summed E-state index contributed by atoms with van der Waals surface area (Å²) in [6, 6.07) is 0.475. The Bertz CT molecular complexity index is 210. The highest BCUT2D eigenvalue weighted by Gasteiger charge is 2.15. The minimum atomic E-state index is -0.372. The average molecular weight is 289 g/mol. The van der Waals surface area contributed by atoms with Crippen molar-refractivity contribution >= 4 is 11.8 Å². The summed E-state index contributed by atoms with van der Waals surface area (Å²) in [6.07, 6.45) is 7.43. The lowest BCUT2D eigenvalue weighted by Gasteiger charge is -2.24. The molecule has 0 aromatic carbocycles. The van der Waals surface area contributed by atoms with Gasteiger partial charge in [0.1, 0.15) is 0 Å². The maximum Gasteiger partial charge on any atom is 0.0897 e. The normalized spacial score (nSPS) is 20.4. The molecule has 0 aliphatic heterocycles. The first-order chi connectivity index (χ1) is 9.22. The van der Waals surface area contributed by atoms with Gasteiger partial charge >= 0.3 is 0 Å². The largest absolute Gasteiger partial charge is 0.389 e. The summed E-state index contributed by atoms with van der Waals surface area (Å²) in [6.45, 7) is 5.50. The molecule has 2 atom stereocenters. The first-order valence-electron chi connectivity index (χ1n) is 7.83. The van der Waals surface area contributed by atoms with Crippen LogP contribution in [0.4, 0.5) is 0 Å². The van der Waals surface area contributed by atoms with Crippen LogP contribution in [0.15, 0.2) is 0 Å². The summed E-state index contributed by atoms with van der Waals surface area (Å²) < 4.78 is 5.78. The van der Waals surface area contributed by atoms with Gasteiger partial charge in [-0.15, -0.1) is 0 Å². The van der Waals surface area contributed by atoms with Crippen molar-refractivity contribution in [3.05, 3.63) is 0 Å². The minimum Gasteiger partial charge on any atom is -0.389 e. The van der Waals surface area contributed by atoms with Gasteiger partial charge in [0.15, 0.2) is 0 Å². The number of hydrogen-bond donors (Lipinski definition) is 2. The third-order valence-corrected chi connectivity index (χ3v) is 4.61. The van der Waals surface area contributed by atoms with Gasteiger partial charge < -0.3 is 15.2 Å². The van der Waals surface area contributed by atoms with Gasteiger partial charge in [-0.3, -0.25) is 0 Å². The summed E-state index contributed by atoms with van der Waals surface area (Å²) >= 11 is 1.97. The van der Waals surface area contributed by atoms with Crippen LogP contribution in [-0.4, -0.2) is 48.0 Å². The third kappa shape index (κ3) is 8.90. The molecule has 0 bridgehead atoms. The highest BCUT2D eigenvalue weighted by Crippen LogP contribution is 2.20. The molecule has 1 aliphatic rings. The second-order valence-corrected chi connectivity index (χ2v) is 6.94. The van der Waals surface area contributed by atoms with Gasteiger partial charge in [-0.25, -0.2) is 0 Å². The Morgan fingerprint density at radius 2 is 2.05 bits per heavy atom. The Kier molecular flexibility index (Phi) is 9.96. The fourth-order valence-corrected chi connectivity index (χ4v) is 3.19. The number of aliphatic hydroxyl groups excluding tert-OH is 1. The van der Waals surface area contributed by atoms with Crippen molar-refractivity contribution in [1.29, 1.82) is 0 Å². The quantitative estimate of drug-likeness (QED) is 0.607. The predicted octanol–water partition coefficient (Wildman–Crippen LogP) is 2.82. The molecule has 0 spiro atoms. The van der Waals surface area contributed by atoms with Gasteiger partial charge in [-0.2, -0.15) is 11.8 Å². The van der Waals surface area contributed by atoms with Crippen molar-refractivity contribution < 1.29 is 9.84 Å². The van der Waals surface area contributed by atoms with Crippen molar-refractivity contribution in [2.24, 2.45) is 0 Å². The van der Waals surface area contributed by atoms with E-state index in [1.807, 2.05) is 11.8 Å². The summed E-state index contributed by atoms with van der Waals surface area (Å²) in [7, 11) is 0. The highest BCUT2D eigenvalue weighted by atomic mass is 32.2.